The molecule has 1 rings (SSSR count). The second-order valence-electron chi connectivity index (χ2n) is 2.25. The van der Waals surface area contributed by atoms with Gasteiger partial charge in [0, 0.05) is 6.04 Å². The second kappa shape index (κ2) is 3.45. The molecule has 0 aromatic rings. The van der Waals surface area contributed by atoms with Crippen molar-refractivity contribution in [3.05, 3.63) is 0 Å². The molecule has 0 aromatic carbocycles. The summed E-state index contributed by atoms with van der Waals surface area (Å²) in [4.78, 5) is 4.05. The summed E-state index contributed by atoms with van der Waals surface area (Å²) in [6, 6.07) is 0.581. The monoisotopic (exact) mass is 127 g/mol. The fraction of sp³-hybridized carbons (Fsp3) is 0.833. The van der Waals surface area contributed by atoms with Crippen molar-refractivity contribution in [1.29, 1.82) is 0 Å². The van der Waals surface area contributed by atoms with Gasteiger partial charge in [0.15, 0.2) is 0 Å². The molecule has 2 N–H and O–H groups in total. The van der Waals surface area contributed by atoms with Crippen molar-refractivity contribution < 1.29 is 0 Å². The van der Waals surface area contributed by atoms with Gasteiger partial charge in [-0.15, -0.1) is 0 Å². The highest BCUT2D eigenvalue weighted by atomic mass is 15.1. The van der Waals surface area contributed by atoms with E-state index in [-0.39, 0.29) is 0 Å². The predicted octanol–water partition coefficient (Wildman–Crippen LogP) is -0.404. The SMILES string of the molecule is CNCCC1CN=CN1. The molecule has 1 atom stereocenters. The Hall–Kier alpha value is -0.570. The molecule has 0 aliphatic carbocycles. The van der Waals surface area contributed by atoms with E-state index < -0.39 is 0 Å². The molecule has 1 heterocycles. The molecule has 52 valence electrons. The first-order valence-corrected chi connectivity index (χ1v) is 3.32. The van der Waals surface area contributed by atoms with Gasteiger partial charge in [0.25, 0.3) is 0 Å². The highest BCUT2D eigenvalue weighted by Gasteiger charge is 2.07. The van der Waals surface area contributed by atoms with Crippen LogP contribution in [0.25, 0.3) is 0 Å². The zero-order valence-electron chi connectivity index (χ0n) is 5.72. The Bertz CT molecular complexity index is 92.5. The molecule has 0 fully saturated rings. The third-order valence-electron chi connectivity index (χ3n) is 1.47. The summed E-state index contributed by atoms with van der Waals surface area (Å²) in [7, 11) is 1.97. The number of aliphatic imine (C=N–C) groups is 1. The standard InChI is InChI=1S/C6H13N3/c1-7-3-2-6-4-8-5-9-6/h5-7H,2-4H2,1H3,(H,8,9). The Kier molecular flexibility index (Phi) is 2.51. The highest BCUT2D eigenvalue weighted by molar-refractivity contribution is 5.57. The summed E-state index contributed by atoms with van der Waals surface area (Å²) in [5.41, 5.74) is 0. The lowest BCUT2D eigenvalue weighted by atomic mass is 10.2. The van der Waals surface area contributed by atoms with E-state index >= 15 is 0 Å². The number of hydrogen-bond acceptors (Lipinski definition) is 3. The number of hydrogen-bond donors (Lipinski definition) is 2. The molecule has 1 aliphatic heterocycles. The summed E-state index contributed by atoms with van der Waals surface area (Å²) >= 11 is 0. The Labute approximate surface area is 55.6 Å². The van der Waals surface area contributed by atoms with Crippen molar-refractivity contribution in [2.75, 3.05) is 20.1 Å². The Balaban J connectivity index is 2.01. The number of nitrogens with zero attached hydrogens (tertiary/aromatic N) is 1. The molecule has 0 saturated heterocycles. The molecule has 1 aliphatic rings. The average Bonchev–Trinajstić information content (AvgIpc) is 2.34. The van der Waals surface area contributed by atoms with Crippen LogP contribution in [0.3, 0.4) is 0 Å². The lowest BCUT2D eigenvalue weighted by Gasteiger charge is -2.07. The van der Waals surface area contributed by atoms with E-state index in [1.165, 1.54) is 0 Å². The Morgan fingerprint density at radius 1 is 1.89 bits per heavy atom. The Morgan fingerprint density at radius 2 is 2.78 bits per heavy atom. The maximum absolute atomic E-state index is 4.05. The van der Waals surface area contributed by atoms with Crippen LogP contribution >= 0.6 is 0 Å². The second-order valence-corrected chi connectivity index (χ2v) is 2.25. The van der Waals surface area contributed by atoms with E-state index in [4.69, 9.17) is 0 Å². The summed E-state index contributed by atoms with van der Waals surface area (Å²) < 4.78 is 0. The molecule has 9 heavy (non-hydrogen) atoms. The maximum Gasteiger partial charge on any atom is 0.0827 e. The van der Waals surface area contributed by atoms with Gasteiger partial charge in [0.05, 0.1) is 12.9 Å². The molecule has 0 aromatic heterocycles. The van der Waals surface area contributed by atoms with Gasteiger partial charge in [0.1, 0.15) is 0 Å². The van der Waals surface area contributed by atoms with Crippen molar-refractivity contribution in [2.45, 2.75) is 12.5 Å². The third kappa shape index (κ3) is 2.01. The normalized spacial score (nSPS) is 24.3. The van der Waals surface area contributed by atoms with Gasteiger partial charge in [-0.2, -0.15) is 0 Å². The van der Waals surface area contributed by atoms with Gasteiger partial charge >= 0.3 is 0 Å². The van der Waals surface area contributed by atoms with Gasteiger partial charge in [0.2, 0.25) is 0 Å². The van der Waals surface area contributed by atoms with Gasteiger partial charge in [-0.3, -0.25) is 4.99 Å². The fourth-order valence-corrected chi connectivity index (χ4v) is 0.884. The van der Waals surface area contributed by atoms with Crippen LogP contribution in [0.2, 0.25) is 0 Å². The topological polar surface area (TPSA) is 36.4 Å². The first-order chi connectivity index (χ1) is 4.43. The van der Waals surface area contributed by atoms with Crippen LogP contribution in [-0.4, -0.2) is 32.5 Å². The van der Waals surface area contributed by atoms with Crippen molar-refractivity contribution in [2.24, 2.45) is 4.99 Å². The first-order valence-electron chi connectivity index (χ1n) is 3.32. The third-order valence-corrected chi connectivity index (χ3v) is 1.47. The minimum atomic E-state index is 0.581. The smallest absolute Gasteiger partial charge is 0.0827 e. The van der Waals surface area contributed by atoms with Crippen molar-refractivity contribution in [1.82, 2.24) is 10.6 Å². The van der Waals surface area contributed by atoms with Gasteiger partial charge in [-0.1, -0.05) is 0 Å². The molecule has 0 radical (unpaired) electrons. The minimum absolute atomic E-state index is 0.581. The average molecular weight is 127 g/mol. The largest absolute Gasteiger partial charge is 0.372 e. The van der Waals surface area contributed by atoms with Gasteiger partial charge < -0.3 is 10.6 Å². The quantitative estimate of drug-likeness (QED) is 0.541. The predicted molar refractivity (Wildman–Crippen MR) is 38.8 cm³/mol. The van der Waals surface area contributed by atoms with Crippen LogP contribution in [0.15, 0.2) is 4.99 Å². The van der Waals surface area contributed by atoms with Gasteiger partial charge in [-0.05, 0) is 20.0 Å². The van der Waals surface area contributed by atoms with E-state index in [9.17, 15) is 0 Å². The fourth-order valence-electron chi connectivity index (χ4n) is 0.884. The molecular weight excluding hydrogens is 114 g/mol. The zero-order valence-corrected chi connectivity index (χ0v) is 5.72. The van der Waals surface area contributed by atoms with Crippen LogP contribution in [-0.2, 0) is 0 Å². The van der Waals surface area contributed by atoms with E-state index in [0.717, 1.165) is 19.5 Å². The number of nitrogens with one attached hydrogen (secondary N) is 2. The lowest BCUT2D eigenvalue weighted by molar-refractivity contribution is 0.579. The summed E-state index contributed by atoms with van der Waals surface area (Å²) in [6.45, 7) is 2.02. The summed E-state index contributed by atoms with van der Waals surface area (Å²) in [5.74, 6) is 0. The molecule has 1 unspecified atom stereocenters. The van der Waals surface area contributed by atoms with Crippen LogP contribution in [0.1, 0.15) is 6.42 Å². The molecule has 0 amide bonds. The number of rotatable bonds is 3. The molecular formula is C6H13N3. The Morgan fingerprint density at radius 3 is 3.33 bits per heavy atom. The summed E-state index contributed by atoms with van der Waals surface area (Å²) in [5, 5.41) is 6.26. The molecule has 0 bridgehead atoms. The van der Waals surface area contributed by atoms with Crippen LogP contribution in [0.5, 0.6) is 0 Å². The van der Waals surface area contributed by atoms with Crippen LogP contribution < -0.4 is 10.6 Å². The molecule has 3 heteroatoms. The highest BCUT2D eigenvalue weighted by Crippen LogP contribution is 1.94. The lowest BCUT2D eigenvalue weighted by Crippen LogP contribution is -2.28. The minimum Gasteiger partial charge on any atom is -0.372 e. The molecule has 0 saturated carbocycles. The van der Waals surface area contributed by atoms with E-state index in [2.05, 4.69) is 15.6 Å². The van der Waals surface area contributed by atoms with Crippen LogP contribution in [0, 0.1) is 0 Å². The van der Waals surface area contributed by atoms with Gasteiger partial charge in [-0.25, -0.2) is 0 Å². The molecule has 0 spiro atoms. The van der Waals surface area contributed by atoms with E-state index in [1.54, 1.807) is 6.34 Å². The first kappa shape index (κ1) is 6.55. The molecule has 3 nitrogen and oxygen atoms in total. The zero-order chi connectivity index (χ0) is 6.53. The summed E-state index contributed by atoms with van der Waals surface area (Å²) in [6.07, 6.45) is 2.96. The maximum atomic E-state index is 4.05. The van der Waals surface area contributed by atoms with Crippen molar-refractivity contribution >= 4 is 6.34 Å². The van der Waals surface area contributed by atoms with E-state index in [1.807, 2.05) is 7.05 Å². The van der Waals surface area contributed by atoms with Crippen molar-refractivity contribution in [3.63, 3.8) is 0 Å². The van der Waals surface area contributed by atoms with Crippen LogP contribution in [0.4, 0.5) is 0 Å². The van der Waals surface area contributed by atoms with Crippen molar-refractivity contribution in [3.8, 4) is 0 Å². The van der Waals surface area contributed by atoms with E-state index in [0.29, 0.717) is 6.04 Å².